The molecule has 88 valence electrons. The van der Waals surface area contributed by atoms with Gasteiger partial charge in [0, 0.05) is 22.1 Å². The largest absolute Gasteiger partial charge is 0.468 e. The van der Waals surface area contributed by atoms with Crippen molar-refractivity contribution in [1.29, 1.82) is 0 Å². The Kier molecular flexibility index (Phi) is 4.10. The van der Waals surface area contributed by atoms with Gasteiger partial charge in [0.1, 0.15) is 0 Å². The normalized spacial score (nSPS) is 25.4. The summed E-state index contributed by atoms with van der Waals surface area (Å²) in [5, 5.41) is 0. The molecule has 0 aromatic heterocycles. The van der Waals surface area contributed by atoms with Gasteiger partial charge in [0.25, 0.3) is 0 Å². The van der Waals surface area contributed by atoms with Crippen molar-refractivity contribution >= 4 is 23.7 Å². The molecule has 1 atom stereocenters. The third-order valence-corrected chi connectivity index (χ3v) is 7.37. The quantitative estimate of drug-likeness (QED) is 0.490. The van der Waals surface area contributed by atoms with Gasteiger partial charge in [-0.2, -0.15) is 0 Å². The lowest BCUT2D eigenvalue weighted by Crippen LogP contribution is -2.12. The molecule has 0 aliphatic carbocycles. The summed E-state index contributed by atoms with van der Waals surface area (Å²) in [6, 6.07) is 0. The molecule has 1 heterocycles. The van der Waals surface area contributed by atoms with Crippen LogP contribution in [0, 0.1) is 0 Å². The molecule has 0 aromatic carbocycles. The number of rotatable bonds is 3. The second-order valence-electron chi connectivity index (χ2n) is 2.59. The van der Waals surface area contributed by atoms with Gasteiger partial charge in [-0.1, -0.05) is 4.67 Å². The standard InChI is InChI=1S/C4H10F4N4P3/c1-3-12(4-2)13-9-14(5,6)11-15(7,8)10-13/h3-4H2,1-2H3/q+1. The molecule has 0 fully saturated rings. The summed E-state index contributed by atoms with van der Waals surface area (Å²) in [5.74, 6) is 0. The van der Waals surface area contributed by atoms with Crippen LogP contribution in [0.15, 0.2) is 13.5 Å². The lowest BCUT2D eigenvalue weighted by atomic mass is 10.7. The van der Waals surface area contributed by atoms with E-state index in [0.29, 0.717) is 13.1 Å². The van der Waals surface area contributed by atoms with Gasteiger partial charge in [0.05, 0.1) is 0 Å². The molecule has 0 N–H and O–H groups in total. The van der Waals surface area contributed by atoms with E-state index in [-0.39, 0.29) is 0 Å². The molecule has 1 rings (SSSR count). The molecule has 1 unspecified atom stereocenters. The monoisotopic (exact) mass is 283 g/mol. The predicted molar refractivity (Wildman–Crippen MR) is 55.4 cm³/mol. The van der Waals surface area contributed by atoms with Crippen LogP contribution in [0.25, 0.3) is 0 Å². The van der Waals surface area contributed by atoms with Gasteiger partial charge in [-0.3, -0.25) is 0 Å². The molecule has 1 aliphatic rings. The van der Waals surface area contributed by atoms with Crippen molar-refractivity contribution in [1.82, 2.24) is 4.67 Å². The number of nitrogens with zero attached hydrogens (tertiary/aromatic N) is 4. The van der Waals surface area contributed by atoms with Crippen LogP contribution in [0.1, 0.15) is 13.8 Å². The van der Waals surface area contributed by atoms with Crippen molar-refractivity contribution in [2.24, 2.45) is 13.5 Å². The van der Waals surface area contributed by atoms with E-state index in [1.807, 2.05) is 0 Å². The molecule has 15 heavy (non-hydrogen) atoms. The van der Waals surface area contributed by atoms with Crippen molar-refractivity contribution in [3.05, 3.63) is 0 Å². The van der Waals surface area contributed by atoms with Crippen molar-refractivity contribution in [3.8, 4) is 0 Å². The molecule has 0 radical (unpaired) electrons. The molecule has 11 heteroatoms. The van der Waals surface area contributed by atoms with E-state index in [2.05, 4.69) is 13.5 Å². The highest BCUT2D eigenvalue weighted by Crippen LogP contribution is 2.76. The molecular weight excluding hydrogens is 273 g/mol. The summed E-state index contributed by atoms with van der Waals surface area (Å²) in [6.07, 6.45) is 0. The number of hydrogen-bond donors (Lipinski definition) is 0. The van der Waals surface area contributed by atoms with Gasteiger partial charge < -0.3 is 0 Å². The van der Waals surface area contributed by atoms with Crippen molar-refractivity contribution < 1.29 is 16.8 Å². The SMILES string of the molecule is CCN(CC)[P+]1=NP(F)(F)=NP(F)(F)=N1. The van der Waals surface area contributed by atoms with Crippen LogP contribution in [0.3, 0.4) is 0 Å². The molecule has 0 saturated heterocycles. The maximum absolute atomic E-state index is 12.8. The van der Waals surface area contributed by atoms with Crippen LogP contribution >= 0.6 is 23.7 Å². The first-order valence-corrected chi connectivity index (χ1v) is 8.28. The Hall–Kier alpha value is 0.240. The van der Waals surface area contributed by atoms with Gasteiger partial charge in [0.2, 0.25) is 0 Å². The first-order chi connectivity index (χ1) is 6.79. The second-order valence-corrected chi connectivity index (χ2v) is 7.66. The maximum atomic E-state index is 12.8. The summed E-state index contributed by atoms with van der Waals surface area (Å²) in [7, 11) is -12.4. The summed E-state index contributed by atoms with van der Waals surface area (Å²) >= 11 is 0. The fourth-order valence-electron chi connectivity index (χ4n) is 0.965. The molecular formula is C4H10F4N4P3+. The molecule has 1 aliphatic heterocycles. The highest BCUT2D eigenvalue weighted by atomic mass is 31.3. The first kappa shape index (κ1) is 13.3. The summed E-state index contributed by atoms with van der Waals surface area (Å²) in [4.78, 5) is 0. The third kappa shape index (κ3) is 3.63. The zero-order valence-electron chi connectivity index (χ0n) is 8.06. The van der Waals surface area contributed by atoms with Crippen LogP contribution < -0.4 is 0 Å². The summed E-state index contributed by atoms with van der Waals surface area (Å²) in [6.45, 7) is 4.12. The van der Waals surface area contributed by atoms with E-state index in [0.717, 1.165) is 0 Å². The van der Waals surface area contributed by atoms with Crippen LogP contribution in [0.2, 0.25) is 0 Å². The highest BCUT2D eigenvalue weighted by molar-refractivity contribution is 7.74. The Morgan fingerprint density at radius 1 is 1.07 bits per heavy atom. The lowest BCUT2D eigenvalue weighted by Gasteiger charge is -2.08. The van der Waals surface area contributed by atoms with Crippen LogP contribution in [-0.4, -0.2) is 17.8 Å². The minimum absolute atomic E-state index is 0.370. The van der Waals surface area contributed by atoms with Gasteiger partial charge in [-0.05, 0) is 13.8 Å². The Morgan fingerprint density at radius 3 is 2.00 bits per heavy atom. The van der Waals surface area contributed by atoms with Crippen molar-refractivity contribution in [3.63, 3.8) is 0 Å². The first-order valence-electron chi connectivity index (χ1n) is 4.12. The molecule has 0 aromatic rings. The zero-order chi connectivity index (χ0) is 11.7. The fraction of sp³-hybridized carbons (Fsp3) is 1.00. The van der Waals surface area contributed by atoms with Gasteiger partial charge in [-0.25, -0.2) is 0 Å². The smallest absolute Gasteiger partial charge is 0.147 e. The maximum Gasteiger partial charge on any atom is 0.468 e. The lowest BCUT2D eigenvalue weighted by molar-refractivity contribution is 0.510. The van der Waals surface area contributed by atoms with E-state index in [1.165, 1.54) is 4.67 Å². The Bertz CT molecular complexity index is 370. The van der Waals surface area contributed by atoms with Crippen LogP contribution in [0.5, 0.6) is 0 Å². The second kappa shape index (κ2) is 4.62. The molecule has 0 amide bonds. The highest BCUT2D eigenvalue weighted by Gasteiger charge is 2.42. The number of hydrogen-bond acceptors (Lipinski definition) is 4. The Balaban J connectivity index is 3.19. The summed E-state index contributed by atoms with van der Waals surface area (Å²) in [5.41, 5.74) is 0. The molecule has 0 bridgehead atoms. The zero-order valence-corrected chi connectivity index (χ0v) is 10.7. The van der Waals surface area contributed by atoms with Crippen molar-refractivity contribution in [2.75, 3.05) is 13.1 Å². The average molecular weight is 283 g/mol. The molecule has 0 spiro atoms. The van der Waals surface area contributed by atoms with Crippen molar-refractivity contribution in [2.45, 2.75) is 13.8 Å². The predicted octanol–water partition coefficient (Wildman–Crippen LogP) is 5.61. The Labute approximate surface area is 86.3 Å². The van der Waals surface area contributed by atoms with Crippen LogP contribution in [-0.2, 0) is 0 Å². The van der Waals surface area contributed by atoms with E-state index < -0.39 is 23.7 Å². The van der Waals surface area contributed by atoms with E-state index in [1.54, 1.807) is 13.8 Å². The minimum atomic E-state index is -5.15. The minimum Gasteiger partial charge on any atom is -0.147 e. The van der Waals surface area contributed by atoms with Gasteiger partial charge in [-0.15, -0.1) is 21.3 Å². The third-order valence-electron chi connectivity index (χ3n) is 1.57. The van der Waals surface area contributed by atoms with Crippen LogP contribution in [0.4, 0.5) is 16.8 Å². The molecule has 0 saturated carbocycles. The van der Waals surface area contributed by atoms with E-state index in [4.69, 9.17) is 0 Å². The fourth-order valence-corrected chi connectivity index (χ4v) is 6.35. The Morgan fingerprint density at radius 2 is 1.60 bits per heavy atom. The average Bonchev–Trinajstić information content (AvgIpc) is 2.00. The topological polar surface area (TPSA) is 40.3 Å². The van der Waals surface area contributed by atoms with Gasteiger partial charge >= 0.3 is 23.7 Å². The van der Waals surface area contributed by atoms with E-state index >= 15 is 0 Å². The van der Waals surface area contributed by atoms with Gasteiger partial charge in [0.15, 0.2) is 0 Å². The summed E-state index contributed by atoms with van der Waals surface area (Å²) < 4.78 is 61.0. The van der Waals surface area contributed by atoms with E-state index in [9.17, 15) is 16.8 Å². The molecule has 4 nitrogen and oxygen atoms in total. The number of halogens is 4.